The van der Waals surface area contributed by atoms with E-state index in [0.717, 1.165) is 19.6 Å². The molecule has 2 atom stereocenters. The molecule has 1 fully saturated rings. The predicted molar refractivity (Wildman–Crippen MR) is 48.4 cm³/mol. The van der Waals surface area contributed by atoms with Crippen LogP contribution in [0.3, 0.4) is 0 Å². The van der Waals surface area contributed by atoms with Gasteiger partial charge in [-0.15, -0.1) is 0 Å². The lowest BCUT2D eigenvalue weighted by Gasteiger charge is -2.28. The maximum absolute atomic E-state index is 7.29. The molecule has 0 bridgehead atoms. The lowest BCUT2D eigenvalue weighted by Crippen LogP contribution is -2.45. The van der Waals surface area contributed by atoms with Crippen LogP contribution < -0.4 is 5.73 Å². The minimum Gasteiger partial charge on any atom is -0.386 e. The van der Waals surface area contributed by atoms with E-state index in [4.69, 9.17) is 15.9 Å². The first-order valence-corrected chi connectivity index (χ1v) is 4.26. The quantitative estimate of drug-likeness (QED) is 0.465. The summed E-state index contributed by atoms with van der Waals surface area (Å²) >= 11 is 0. The van der Waals surface area contributed by atoms with E-state index in [0.29, 0.717) is 6.04 Å². The summed E-state index contributed by atoms with van der Waals surface area (Å²) in [5, 5.41) is 7.29. The van der Waals surface area contributed by atoms with E-state index in [-0.39, 0.29) is 11.9 Å². The van der Waals surface area contributed by atoms with Crippen molar-refractivity contribution in [2.75, 3.05) is 20.3 Å². The molecule has 0 saturated carbocycles. The SMILES string of the molecule is CC(C(=N)N)N(C)C1CCOC1. The normalized spacial score (nSPS) is 26.1. The van der Waals surface area contributed by atoms with Crippen molar-refractivity contribution < 1.29 is 4.74 Å². The van der Waals surface area contributed by atoms with Crippen molar-refractivity contribution in [2.45, 2.75) is 25.4 Å². The van der Waals surface area contributed by atoms with E-state index in [1.165, 1.54) is 0 Å². The fraction of sp³-hybridized carbons (Fsp3) is 0.875. The Bertz CT molecular complexity index is 166. The van der Waals surface area contributed by atoms with Crippen molar-refractivity contribution in [3.05, 3.63) is 0 Å². The summed E-state index contributed by atoms with van der Waals surface area (Å²) in [5.41, 5.74) is 5.41. The standard InChI is InChI=1S/C8H17N3O/c1-6(8(9)10)11(2)7-3-4-12-5-7/h6-7H,3-5H2,1-2H3,(H3,9,10). The molecule has 1 aliphatic heterocycles. The van der Waals surface area contributed by atoms with Crippen LogP contribution in [0.1, 0.15) is 13.3 Å². The van der Waals surface area contributed by atoms with Gasteiger partial charge in [0.15, 0.2) is 0 Å². The molecule has 12 heavy (non-hydrogen) atoms. The fourth-order valence-corrected chi connectivity index (χ4v) is 1.38. The Balaban J connectivity index is 2.44. The zero-order valence-electron chi connectivity index (χ0n) is 7.71. The van der Waals surface area contributed by atoms with Crippen LogP contribution in [0.25, 0.3) is 0 Å². The van der Waals surface area contributed by atoms with Gasteiger partial charge in [0.05, 0.1) is 12.6 Å². The highest BCUT2D eigenvalue weighted by molar-refractivity contribution is 5.82. The Kier molecular flexibility index (Phi) is 3.05. The van der Waals surface area contributed by atoms with Crippen LogP contribution in [0.5, 0.6) is 0 Å². The third-order valence-electron chi connectivity index (χ3n) is 2.54. The number of amidine groups is 1. The minimum absolute atomic E-state index is 0.0247. The molecule has 0 aliphatic carbocycles. The summed E-state index contributed by atoms with van der Waals surface area (Å²) in [7, 11) is 1.99. The van der Waals surface area contributed by atoms with Crippen LogP contribution in [-0.4, -0.2) is 43.1 Å². The first-order valence-electron chi connectivity index (χ1n) is 4.26. The second kappa shape index (κ2) is 3.87. The van der Waals surface area contributed by atoms with Crippen molar-refractivity contribution >= 4 is 5.84 Å². The lowest BCUT2D eigenvalue weighted by molar-refractivity contribution is 0.153. The zero-order chi connectivity index (χ0) is 9.14. The molecule has 3 N–H and O–H groups in total. The molecule has 0 aromatic carbocycles. The van der Waals surface area contributed by atoms with Crippen molar-refractivity contribution in [2.24, 2.45) is 5.73 Å². The van der Waals surface area contributed by atoms with Crippen molar-refractivity contribution in [1.29, 1.82) is 5.41 Å². The molecule has 0 aromatic rings. The van der Waals surface area contributed by atoms with Crippen molar-refractivity contribution in [3.8, 4) is 0 Å². The number of nitrogens with one attached hydrogen (secondary N) is 1. The van der Waals surface area contributed by atoms with Gasteiger partial charge in [-0.25, -0.2) is 0 Å². The van der Waals surface area contributed by atoms with E-state index in [9.17, 15) is 0 Å². The molecule has 4 heteroatoms. The topological polar surface area (TPSA) is 62.3 Å². The second-order valence-electron chi connectivity index (χ2n) is 3.31. The average Bonchev–Trinajstić information content (AvgIpc) is 2.53. The van der Waals surface area contributed by atoms with Crippen LogP contribution in [0.2, 0.25) is 0 Å². The third-order valence-corrected chi connectivity index (χ3v) is 2.54. The number of nitrogens with two attached hydrogens (primary N) is 1. The van der Waals surface area contributed by atoms with Crippen LogP contribution in [0.15, 0.2) is 0 Å². The van der Waals surface area contributed by atoms with Crippen LogP contribution in [-0.2, 0) is 4.74 Å². The van der Waals surface area contributed by atoms with Crippen LogP contribution in [0.4, 0.5) is 0 Å². The molecule has 1 aliphatic rings. The second-order valence-corrected chi connectivity index (χ2v) is 3.31. The van der Waals surface area contributed by atoms with Crippen molar-refractivity contribution in [3.63, 3.8) is 0 Å². The summed E-state index contributed by atoms with van der Waals surface area (Å²) in [4.78, 5) is 2.11. The van der Waals surface area contributed by atoms with Crippen LogP contribution in [0, 0.1) is 5.41 Å². The van der Waals surface area contributed by atoms with E-state index in [1.807, 2.05) is 14.0 Å². The summed E-state index contributed by atoms with van der Waals surface area (Å²) in [6.45, 7) is 3.55. The number of nitrogens with zero attached hydrogens (tertiary/aromatic N) is 1. The van der Waals surface area contributed by atoms with Gasteiger partial charge in [-0.05, 0) is 20.4 Å². The molecule has 0 radical (unpaired) electrons. The van der Waals surface area contributed by atoms with Crippen LogP contribution >= 0.6 is 0 Å². The highest BCUT2D eigenvalue weighted by Gasteiger charge is 2.24. The van der Waals surface area contributed by atoms with E-state index in [1.54, 1.807) is 0 Å². The van der Waals surface area contributed by atoms with Gasteiger partial charge < -0.3 is 10.5 Å². The highest BCUT2D eigenvalue weighted by Crippen LogP contribution is 2.12. The fourth-order valence-electron chi connectivity index (χ4n) is 1.38. The molecule has 2 unspecified atom stereocenters. The number of hydrogen-bond acceptors (Lipinski definition) is 3. The van der Waals surface area contributed by atoms with Gasteiger partial charge in [0, 0.05) is 12.6 Å². The van der Waals surface area contributed by atoms with Gasteiger partial charge in [0.1, 0.15) is 5.84 Å². The Morgan fingerprint density at radius 1 is 1.75 bits per heavy atom. The third kappa shape index (κ3) is 1.95. The largest absolute Gasteiger partial charge is 0.386 e. The first-order chi connectivity index (χ1) is 5.63. The molecule has 1 heterocycles. The number of likely N-dealkylation sites (N-methyl/N-ethyl adjacent to an activating group) is 1. The van der Waals surface area contributed by atoms with Gasteiger partial charge in [0.25, 0.3) is 0 Å². The van der Waals surface area contributed by atoms with Crippen molar-refractivity contribution in [1.82, 2.24) is 4.90 Å². The zero-order valence-corrected chi connectivity index (χ0v) is 7.71. The monoisotopic (exact) mass is 171 g/mol. The Morgan fingerprint density at radius 2 is 2.42 bits per heavy atom. The molecule has 1 rings (SSSR count). The molecule has 70 valence electrons. The van der Waals surface area contributed by atoms with Gasteiger partial charge in [-0.2, -0.15) is 0 Å². The predicted octanol–water partition coefficient (Wildman–Crippen LogP) is 0.0316. The summed E-state index contributed by atoms with van der Waals surface area (Å²) in [6.07, 6.45) is 1.05. The smallest absolute Gasteiger partial charge is 0.108 e. The van der Waals surface area contributed by atoms with E-state index in [2.05, 4.69) is 4.90 Å². The van der Waals surface area contributed by atoms with Gasteiger partial charge >= 0.3 is 0 Å². The lowest BCUT2D eigenvalue weighted by atomic mass is 10.2. The molecule has 1 saturated heterocycles. The molecule has 0 spiro atoms. The first kappa shape index (κ1) is 9.48. The number of ether oxygens (including phenoxy) is 1. The Hall–Kier alpha value is -0.610. The molecular formula is C8H17N3O. The number of rotatable bonds is 3. The van der Waals surface area contributed by atoms with Gasteiger partial charge in [-0.3, -0.25) is 10.3 Å². The van der Waals surface area contributed by atoms with Gasteiger partial charge in [-0.1, -0.05) is 0 Å². The Morgan fingerprint density at radius 3 is 2.83 bits per heavy atom. The maximum Gasteiger partial charge on any atom is 0.108 e. The number of hydrogen-bond donors (Lipinski definition) is 2. The molecule has 0 aromatic heterocycles. The minimum atomic E-state index is 0.0247. The molecule has 0 amide bonds. The maximum atomic E-state index is 7.29. The summed E-state index contributed by atoms with van der Waals surface area (Å²) in [5.74, 6) is 0.226. The highest BCUT2D eigenvalue weighted by atomic mass is 16.5. The summed E-state index contributed by atoms with van der Waals surface area (Å²) < 4.78 is 5.26. The Labute approximate surface area is 73.2 Å². The molecular weight excluding hydrogens is 154 g/mol. The summed E-state index contributed by atoms with van der Waals surface area (Å²) in [6, 6.07) is 0.459. The molecule has 4 nitrogen and oxygen atoms in total. The van der Waals surface area contributed by atoms with E-state index < -0.39 is 0 Å². The van der Waals surface area contributed by atoms with E-state index >= 15 is 0 Å². The average molecular weight is 171 g/mol. The van der Waals surface area contributed by atoms with Gasteiger partial charge in [0.2, 0.25) is 0 Å².